The predicted molar refractivity (Wildman–Crippen MR) is 82.1 cm³/mol. The van der Waals surface area contributed by atoms with Crippen molar-refractivity contribution in [2.45, 2.75) is 33.7 Å². The average molecular weight is 241 g/mol. The summed E-state index contributed by atoms with van der Waals surface area (Å²) < 4.78 is 0. The lowest BCUT2D eigenvalue weighted by molar-refractivity contribution is 0.585. The molecule has 0 aromatic carbocycles. The summed E-state index contributed by atoms with van der Waals surface area (Å²) in [6.45, 7) is 16.5. The minimum atomic E-state index is 0.286. The molecular weight excluding hydrogens is 218 g/mol. The third-order valence-corrected chi connectivity index (χ3v) is 3.32. The van der Waals surface area contributed by atoms with E-state index in [1.807, 2.05) is 25.3 Å². The van der Waals surface area contributed by atoms with E-state index in [1.165, 1.54) is 5.57 Å². The number of rotatable bonds is 2. The summed E-state index contributed by atoms with van der Waals surface area (Å²) in [6.07, 6.45) is 10.2. The standard InChI is InChI=1S/C17H23N/c1-12(2)14(4)10-17-11-15(5)16(6)18-9-7-8-13(17)3/h7-11,15-16H,1,3H2,2,4-6H3/b8-7-,14-10+,17-11-,18-9-. The van der Waals surface area contributed by atoms with E-state index in [1.54, 1.807) is 0 Å². The van der Waals surface area contributed by atoms with E-state index in [0.29, 0.717) is 5.92 Å². The van der Waals surface area contributed by atoms with Gasteiger partial charge in [0.15, 0.2) is 0 Å². The minimum Gasteiger partial charge on any atom is -0.290 e. The molecule has 0 aromatic rings. The molecule has 0 N–H and O–H groups in total. The Bertz CT molecular complexity index is 458. The summed E-state index contributed by atoms with van der Waals surface area (Å²) in [4.78, 5) is 4.47. The highest BCUT2D eigenvalue weighted by atomic mass is 14.8. The molecule has 0 saturated carbocycles. The molecule has 2 unspecified atom stereocenters. The van der Waals surface area contributed by atoms with Crippen LogP contribution in [-0.4, -0.2) is 12.3 Å². The van der Waals surface area contributed by atoms with Crippen LogP contribution in [0.4, 0.5) is 0 Å². The van der Waals surface area contributed by atoms with E-state index in [0.717, 1.165) is 16.7 Å². The Kier molecular flexibility index (Phi) is 5.08. The van der Waals surface area contributed by atoms with Crippen molar-refractivity contribution in [1.29, 1.82) is 0 Å². The first-order chi connectivity index (χ1) is 8.41. The van der Waals surface area contributed by atoms with E-state index in [9.17, 15) is 0 Å². The van der Waals surface area contributed by atoms with Gasteiger partial charge in [-0.1, -0.05) is 43.9 Å². The number of allylic oxidation sites excluding steroid dienone is 7. The highest BCUT2D eigenvalue weighted by molar-refractivity contribution is 5.73. The lowest BCUT2D eigenvalue weighted by Gasteiger charge is -2.13. The summed E-state index contributed by atoms with van der Waals surface area (Å²) >= 11 is 0. The zero-order valence-corrected chi connectivity index (χ0v) is 11.9. The first kappa shape index (κ1) is 14.4. The topological polar surface area (TPSA) is 12.4 Å². The largest absolute Gasteiger partial charge is 0.290 e. The summed E-state index contributed by atoms with van der Waals surface area (Å²) in [5, 5.41) is 0. The van der Waals surface area contributed by atoms with Crippen LogP contribution >= 0.6 is 0 Å². The van der Waals surface area contributed by atoms with Crippen molar-refractivity contribution in [3.05, 3.63) is 59.8 Å². The first-order valence-electron chi connectivity index (χ1n) is 6.37. The van der Waals surface area contributed by atoms with Gasteiger partial charge in [0.1, 0.15) is 0 Å². The second-order valence-electron chi connectivity index (χ2n) is 5.01. The van der Waals surface area contributed by atoms with Gasteiger partial charge in [-0.25, -0.2) is 0 Å². The monoisotopic (exact) mass is 241 g/mol. The van der Waals surface area contributed by atoms with Crippen LogP contribution < -0.4 is 0 Å². The number of hydrogen-bond acceptors (Lipinski definition) is 1. The molecule has 1 rings (SSSR count). The molecule has 18 heavy (non-hydrogen) atoms. The fourth-order valence-corrected chi connectivity index (χ4v) is 1.60. The van der Waals surface area contributed by atoms with Gasteiger partial charge in [-0.15, -0.1) is 0 Å². The molecule has 1 heteroatoms. The molecule has 1 aliphatic rings. The molecular formula is C17H23N. The van der Waals surface area contributed by atoms with Crippen LogP contribution in [0.3, 0.4) is 0 Å². The van der Waals surface area contributed by atoms with Gasteiger partial charge in [0, 0.05) is 6.21 Å². The Labute approximate surface area is 111 Å². The van der Waals surface area contributed by atoms with Gasteiger partial charge in [-0.2, -0.15) is 0 Å². The van der Waals surface area contributed by atoms with Gasteiger partial charge in [-0.3, -0.25) is 4.99 Å². The van der Waals surface area contributed by atoms with Crippen LogP contribution in [0.25, 0.3) is 0 Å². The quantitative estimate of drug-likeness (QED) is 0.624. The molecule has 1 aliphatic heterocycles. The highest BCUT2D eigenvalue weighted by Crippen LogP contribution is 2.21. The minimum absolute atomic E-state index is 0.286. The van der Waals surface area contributed by atoms with Crippen LogP contribution in [0.15, 0.2) is 64.7 Å². The summed E-state index contributed by atoms with van der Waals surface area (Å²) in [5.74, 6) is 0.391. The molecule has 0 radical (unpaired) electrons. The van der Waals surface area contributed by atoms with Gasteiger partial charge >= 0.3 is 0 Å². The average Bonchev–Trinajstić information content (AvgIpc) is 2.36. The Hall–Kier alpha value is -1.63. The van der Waals surface area contributed by atoms with E-state index in [4.69, 9.17) is 0 Å². The molecule has 0 saturated heterocycles. The van der Waals surface area contributed by atoms with Crippen LogP contribution in [0.1, 0.15) is 27.7 Å². The molecule has 0 spiro atoms. The second kappa shape index (κ2) is 6.34. The van der Waals surface area contributed by atoms with Gasteiger partial charge in [0.2, 0.25) is 0 Å². The van der Waals surface area contributed by atoms with Crippen molar-refractivity contribution in [1.82, 2.24) is 0 Å². The SMILES string of the molecule is C=C1/C=C\C=N/C(C)C(C)/C=C1/C=C(\C)C(=C)C. The summed E-state index contributed by atoms with van der Waals surface area (Å²) in [7, 11) is 0. The maximum absolute atomic E-state index is 4.47. The second-order valence-corrected chi connectivity index (χ2v) is 5.01. The molecule has 0 aromatic heterocycles. The number of hydrogen-bond donors (Lipinski definition) is 0. The van der Waals surface area contributed by atoms with Crippen LogP contribution in [0.2, 0.25) is 0 Å². The molecule has 96 valence electrons. The van der Waals surface area contributed by atoms with E-state index < -0.39 is 0 Å². The van der Waals surface area contributed by atoms with Gasteiger partial charge in [0.25, 0.3) is 0 Å². The number of aliphatic imine (C=N–C) groups is 1. The fraction of sp³-hybridized carbons (Fsp3) is 0.353. The van der Waals surface area contributed by atoms with Crippen molar-refractivity contribution < 1.29 is 0 Å². The Morgan fingerprint density at radius 3 is 2.61 bits per heavy atom. The van der Waals surface area contributed by atoms with E-state index >= 15 is 0 Å². The zero-order valence-electron chi connectivity index (χ0n) is 11.9. The van der Waals surface area contributed by atoms with Crippen LogP contribution in [0.5, 0.6) is 0 Å². The molecule has 0 fully saturated rings. The van der Waals surface area contributed by atoms with Crippen molar-refractivity contribution in [3.8, 4) is 0 Å². The van der Waals surface area contributed by atoms with Crippen LogP contribution in [0, 0.1) is 5.92 Å². The lowest BCUT2D eigenvalue weighted by Crippen LogP contribution is -2.09. The zero-order chi connectivity index (χ0) is 13.7. The third kappa shape index (κ3) is 3.99. The third-order valence-electron chi connectivity index (χ3n) is 3.32. The lowest BCUT2D eigenvalue weighted by atomic mass is 9.95. The van der Waals surface area contributed by atoms with Gasteiger partial charge < -0.3 is 0 Å². The van der Waals surface area contributed by atoms with Gasteiger partial charge in [-0.05, 0) is 49.5 Å². The van der Waals surface area contributed by atoms with Crippen molar-refractivity contribution in [2.24, 2.45) is 10.9 Å². The molecule has 1 heterocycles. The van der Waals surface area contributed by atoms with Crippen molar-refractivity contribution >= 4 is 6.21 Å². The molecule has 0 amide bonds. The van der Waals surface area contributed by atoms with E-state index in [-0.39, 0.29) is 6.04 Å². The van der Waals surface area contributed by atoms with E-state index in [2.05, 4.69) is 51.1 Å². The van der Waals surface area contributed by atoms with Gasteiger partial charge in [0.05, 0.1) is 6.04 Å². The fourth-order valence-electron chi connectivity index (χ4n) is 1.60. The molecule has 0 bridgehead atoms. The Balaban J connectivity index is 3.16. The smallest absolute Gasteiger partial charge is 0.0531 e. The first-order valence-corrected chi connectivity index (χ1v) is 6.37. The highest BCUT2D eigenvalue weighted by Gasteiger charge is 2.10. The molecule has 0 aliphatic carbocycles. The van der Waals surface area contributed by atoms with Crippen molar-refractivity contribution in [2.75, 3.05) is 0 Å². The Morgan fingerprint density at radius 1 is 1.33 bits per heavy atom. The predicted octanol–water partition coefficient (Wildman–Crippen LogP) is 4.66. The number of nitrogens with zero attached hydrogens (tertiary/aromatic N) is 1. The summed E-state index contributed by atoms with van der Waals surface area (Å²) in [6, 6.07) is 0.286. The van der Waals surface area contributed by atoms with Crippen molar-refractivity contribution in [3.63, 3.8) is 0 Å². The maximum Gasteiger partial charge on any atom is 0.0531 e. The maximum atomic E-state index is 4.47. The molecule has 1 nitrogen and oxygen atoms in total. The molecule has 2 atom stereocenters. The van der Waals surface area contributed by atoms with Crippen LogP contribution in [-0.2, 0) is 0 Å². The normalized spacial score (nSPS) is 31.7. The summed E-state index contributed by atoms with van der Waals surface area (Å²) in [5.41, 5.74) is 4.46. The Morgan fingerprint density at radius 2 is 2.00 bits per heavy atom.